The molecule has 10 heteroatoms. The maximum absolute atomic E-state index is 13.5. The average Bonchev–Trinajstić information content (AvgIpc) is 3.57. The first-order valence-corrected chi connectivity index (χ1v) is 13.1. The minimum absolute atomic E-state index is 0.144. The van der Waals surface area contributed by atoms with Gasteiger partial charge in [0.05, 0.1) is 12.6 Å². The fourth-order valence-corrected chi connectivity index (χ4v) is 3.88. The summed E-state index contributed by atoms with van der Waals surface area (Å²) in [7, 11) is 1.49. The molecule has 1 fully saturated rings. The van der Waals surface area contributed by atoms with Gasteiger partial charge in [0, 0.05) is 26.6 Å². The third-order valence-corrected chi connectivity index (χ3v) is 5.97. The van der Waals surface area contributed by atoms with Crippen LogP contribution in [0.15, 0.2) is 30.3 Å². The van der Waals surface area contributed by atoms with E-state index in [1.807, 2.05) is 44.2 Å². The fraction of sp³-hybridized carbons (Fsp3) is 0.643. The fourth-order valence-electron chi connectivity index (χ4n) is 3.88. The zero-order valence-corrected chi connectivity index (χ0v) is 23.6. The lowest BCUT2D eigenvalue weighted by Crippen LogP contribution is -2.57. The van der Waals surface area contributed by atoms with Gasteiger partial charge in [0.25, 0.3) is 0 Å². The molecule has 38 heavy (non-hydrogen) atoms. The van der Waals surface area contributed by atoms with Crippen molar-refractivity contribution in [1.29, 1.82) is 0 Å². The molecule has 3 N–H and O–H groups in total. The topological polar surface area (TPSA) is 135 Å². The summed E-state index contributed by atoms with van der Waals surface area (Å²) in [6, 6.07) is 6.49. The van der Waals surface area contributed by atoms with Gasteiger partial charge in [-0.3, -0.25) is 14.4 Å². The minimum Gasteiger partial charge on any atom is -0.444 e. The first kappa shape index (κ1) is 31.2. The van der Waals surface area contributed by atoms with Crippen molar-refractivity contribution in [1.82, 2.24) is 16.0 Å². The standard InChI is InChI=1S/C28H43N3O7/c1-18(2)15-21(23(32)28(6)17-37-28)29-25(34)22(16-19-11-9-8-10-12-19)30-24(33)20(13-14-36-7)31-26(35)38-27(3,4)5/h8-12,18,20-22H,13-17H2,1-7H3,(H,29,34)(H,30,33)(H,31,35)/t20?,21-,22-,28+/m0/s1. The van der Waals surface area contributed by atoms with Gasteiger partial charge in [0.1, 0.15) is 23.3 Å². The largest absolute Gasteiger partial charge is 0.444 e. The number of carbonyl (C=O) groups excluding carboxylic acids is 4. The van der Waals surface area contributed by atoms with Crippen LogP contribution in [0, 0.1) is 5.92 Å². The number of carbonyl (C=O) groups is 4. The van der Waals surface area contributed by atoms with Crippen molar-refractivity contribution in [2.75, 3.05) is 20.3 Å². The molecule has 3 amide bonds. The lowest BCUT2D eigenvalue weighted by atomic mass is 9.93. The van der Waals surface area contributed by atoms with Crippen LogP contribution in [0.1, 0.15) is 59.9 Å². The van der Waals surface area contributed by atoms with Crippen molar-refractivity contribution < 1.29 is 33.4 Å². The second-order valence-electron chi connectivity index (χ2n) is 11.3. The van der Waals surface area contributed by atoms with Crippen LogP contribution in [0.5, 0.6) is 0 Å². The Hall–Kier alpha value is -2.98. The second-order valence-corrected chi connectivity index (χ2v) is 11.3. The molecule has 0 aromatic heterocycles. The Kier molecular flexibility index (Phi) is 11.3. The van der Waals surface area contributed by atoms with Crippen LogP contribution in [0.25, 0.3) is 0 Å². The van der Waals surface area contributed by atoms with Crippen LogP contribution in [-0.2, 0) is 35.0 Å². The van der Waals surface area contributed by atoms with Gasteiger partial charge in [-0.1, -0.05) is 44.2 Å². The number of epoxide rings is 1. The minimum atomic E-state index is -0.997. The molecular formula is C28H43N3O7. The maximum Gasteiger partial charge on any atom is 0.408 e. The van der Waals surface area contributed by atoms with Crippen LogP contribution >= 0.6 is 0 Å². The van der Waals surface area contributed by atoms with E-state index in [1.54, 1.807) is 27.7 Å². The molecule has 4 atom stereocenters. The number of methoxy groups -OCH3 is 1. The summed E-state index contributed by atoms with van der Waals surface area (Å²) in [4.78, 5) is 52.3. The van der Waals surface area contributed by atoms with E-state index in [4.69, 9.17) is 14.2 Å². The van der Waals surface area contributed by atoms with Gasteiger partial charge in [-0.15, -0.1) is 0 Å². The third-order valence-electron chi connectivity index (χ3n) is 5.97. The Morgan fingerprint density at radius 1 is 0.974 bits per heavy atom. The molecule has 0 bridgehead atoms. The van der Waals surface area contributed by atoms with E-state index < -0.39 is 47.2 Å². The molecule has 1 aromatic carbocycles. The summed E-state index contributed by atoms with van der Waals surface area (Å²) < 4.78 is 15.7. The van der Waals surface area contributed by atoms with Gasteiger partial charge in [-0.2, -0.15) is 0 Å². The number of hydrogen-bond donors (Lipinski definition) is 3. The highest BCUT2D eigenvalue weighted by Gasteiger charge is 2.50. The number of Topliss-reactive ketones (excluding diaryl/α,β-unsaturated/α-hetero) is 1. The molecule has 1 aliphatic heterocycles. The van der Waals surface area contributed by atoms with Gasteiger partial charge >= 0.3 is 6.09 Å². The molecule has 10 nitrogen and oxygen atoms in total. The lowest BCUT2D eigenvalue weighted by Gasteiger charge is -2.27. The molecule has 212 valence electrons. The van der Waals surface area contributed by atoms with Gasteiger partial charge in [-0.05, 0) is 45.6 Å². The number of alkyl carbamates (subject to hydrolysis) is 1. The van der Waals surface area contributed by atoms with Crippen LogP contribution in [0.3, 0.4) is 0 Å². The summed E-state index contributed by atoms with van der Waals surface area (Å²) in [5.74, 6) is -1.10. The molecule has 0 radical (unpaired) electrons. The number of nitrogens with one attached hydrogen (secondary N) is 3. The number of amides is 3. The number of rotatable bonds is 14. The van der Waals surface area contributed by atoms with Gasteiger partial charge in [-0.25, -0.2) is 4.79 Å². The Bertz CT molecular complexity index is 955. The van der Waals surface area contributed by atoms with Crippen LogP contribution in [-0.4, -0.2) is 73.3 Å². The second kappa shape index (κ2) is 13.7. The summed E-state index contributed by atoms with van der Waals surface area (Å²) in [6.45, 7) is 11.3. The SMILES string of the molecule is COCCC(NC(=O)OC(C)(C)C)C(=O)N[C@@H](Cc1ccccc1)C(=O)N[C@@H](CC(C)C)C(=O)[C@@]1(C)CO1. The Morgan fingerprint density at radius 2 is 1.55 bits per heavy atom. The predicted octanol–water partition coefficient (Wildman–Crippen LogP) is 2.53. The Labute approximate surface area is 225 Å². The van der Waals surface area contributed by atoms with E-state index >= 15 is 0 Å². The quantitative estimate of drug-likeness (QED) is 0.313. The molecule has 0 aliphatic carbocycles. The van der Waals surface area contributed by atoms with Crippen molar-refractivity contribution in [3.05, 3.63) is 35.9 Å². The molecular weight excluding hydrogens is 490 g/mol. The highest BCUT2D eigenvalue weighted by Crippen LogP contribution is 2.29. The molecule has 1 saturated heterocycles. The molecule has 1 unspecified atom stereocenters. The van der Waals surface area contributed by atoms with E-state index in [2.05, 4.69) is 16.0 Å². The zero-order valence-electron chi connectivity index (χ0n) is 23.6. The molecule has 0 spiro atoms. The zero-order chi connectivity index (χ0) is 28.5. The third kappa shape index (κ3) is 10.4. The lowest BCUT2D eigenvalue weighted by molar-refractivity contribution is -0.133. The molecule has 0 saturated carbocycles. The van der Waals surface area contributed by atoms with Crippen LogP contribution in [0.2, 0.25) is 0 Å². The molecule has 1 aliphatic rings. The molecule has 1 heterocycles. The van der Waals surface area contributed by atoms with Gasteiger partial charge in [0.15, 0.2) is 5.78 Å². The number of benzene rings is 1. The van der Waals surface area contributed by atoms with Crippen molar-refractivity contribution in [2.24, 2.45) is 5.92 Å². The van der Waals surface area contributed by atoms with Crippen LogP contribution < -0.4 is 16.0 Å². The highest BCUT2D eigenvalue weighted by molar-refractivity contribution is 5.98. The van der Waals surface area contributed by atoms with Crippen molar-refractivity contribution in [3.8, 4) is 0 Å². The smallest absolute Gasteiger partial charge is 0.408 e. The van der Waals surface area contributed by atoms with Gasteiger partial charge in [0.2, 0.25) is 11.8 Å². The van der Waals surface area contributed by atoms with Gasteiger partial charge < -0.3 is 30.2 Å². The monoisotopic (exact) mass is 533 g/mol. The Morgan fingerprint density at radius 3 is 2.08 bits per heavy atom. The first-order valence-electron chi connectivity index (χ1n) is 13.1. The summed E-state index contributed by atoms with van der Waals surface area (Å²) in [5, 5.41) is 8.20. The van der Waals surface area contributed by atoms with Crippen molar-refractivity contribution >= 4 is 23.7 Å². The normalized spacial score (nSPS) is 19.2. The number of ketones is 1. The maximum atomic E-state index is 13.5. The molecule has 1 aromatic rings. The highest BCUT2D eigenvalue weighted by atomic mass is 16.6. The van der Waals surface area contributed by atoms with E-state index in [0.29, 0.717) is 13.0 Å². The average molecular weight is 534 g/mol. The number of hydrogen-bond acceptors (Lipinski definition) is 7. The van der Waals surface area contributed by atoms with E-state index in [0.717, 1.165) is 5.56 Å². The summed E-state index contributed by atoms with van der Waals surface area (Å²) >= 11 is 0. The predicted molar refractivity (Wildman–Crippen MR) is 142 cm³/mol. The summed E-state index contributed by atoms with van der Waals surface area (Å²) in [5.41, 5.74) is -0.819. The van der Waals surface area contributed by atoms with Crippen molar-refractivity contribution in [3.63, 3.8) is 0 Å². The van der Waals surface area contributed by atoms with E-state index in [9.17, 15) is 19.2 Å². The van der Waals surface area contributed by atoms with Crippen molar-refractivity contribution in [2.45, 2.75) is 90.1 Å². The van der Waals surface area contributed by atoms with Crippen LogP contribution in [0.4, 0.5) is 4.79 Å². The molecule has 2 rings (SSSR count). The summed E-state index contributed by atoms with van der Waals surface area (Å²) in [6.07, 6.45) is 0.0496. The first-order chi connectivity index (χ1) is 17.7. The van der Waals surface area contributed by atoms with E-state index in [1.165, 1.54) is 7.11 Å². The van der Waals surface area contributed by atoms with E-state index in [-0.39, 0.29) is 31.1 Å². The number of ether oxygens (including phenoxy) is 3. The Balaban J connectivity index is 2.23.